The zero-order valence-electron chi connectivity index (χ0n) is 22.5. The maximum Gasteiger partial charge on any atom is 0.319 e. The molecule has 0 spiro atoms. The van der Waals surface area contributed by atoms with E-state index < -0.39 is 30.6 Å². The number of ether oxygens (including phenoxy) is 1. The van der Waals surface area contributed by atoms with Crippen LogP contribution >= 0.6 is 0 Å². The molecule has 0 saturated carbocycles. The van der Waals surface area contributed by atoms with Crippen molar-refractivity contribution in [3.05, 3.63) is 42.5 Å². The number of hydrogen-bond acceptors (Lipinski definition) is 9. The fraction of sp³-hybridized carbons (Fsp3) is 0.500. The Morgan fingerprint density at radius 1 is 1.13 bits per heavy atom. The lowest BCUT2D eigenvalue weighted by atomic mass is 9.87. The predicted molar refractivity (Wildman–Crippen MR) is 145 cm³/mol. The Morgan fingerprint density at radius 3 is 2.51 bits per heavy atom. The first-order chi connectivity index (χ1) is 18.5. The molecule has 1 aromatic carbocycles. The van der Waals surface area contributed by atoms with Crippen LogP contribution < -0.4 is 16.4 Å². The SMILES string of the molecule is CCN(C[C@H]1OC(n2cnc3c(N)ncnc32)[C@H](O)[C@@H]1O)C(=O)CCNC(=O)Nc1ccc(C(C)(C)C)cc1. The summed E-state index contributed by atoms with van der Waals surface area (Å²) in [5.41, 5.74) is 8.38. The van der Waals surface area contributed by atoms with E-state index in [0.717, 1.165) is 5.56 Å². The number of urea groups is 1. The summed E-state index contributed by atoms with van der Waals surface area (Å²) in [7, 11) is 0. The number of rotatable bonds is 8. The van der Waals surface area contributed by atoms with Gasteiger partial charge in [-0.15, -0.1) is 0 Å². The molecule has 4 atom stereocenters. The number of likely N-dealkylation sites (N-methyl/N-ethyl adjacent to an activating group) is 1. The van der Waals surface area contributed by atoms with Crippen molar-refractivity contribution in [1.82, 2.24) is 29.7 Å². The molecule has 1 fully saturated rings. The van der Waals surface area contributed by atoms with Crippen molar-refractivity contribution in [2.75, 3.05) is 30.7 Å². The molecule has 0 radical (unpaired) electrons. The number of nitrogens with zero attached hydrogens (tertiary/aromatic N) is 5. The highest BCUT2D eigenvalue weighted by Crippen LogP contribution is 2.32. The van der Waals surface area contributed by atoms with E-state index in [9.17, 15) is 19.8 Å². The van der Waals surface area contributed by atoms with Crippen LogP contribution in [0.25, 0.3) is 11.2 Å². The molecule has 3 heterocycles. The monoisotopic (exact) mass is 540 g/mol. The third-order valence-electron chi connectivity index (χ3n) is 6.77. The number of aromatic nitrogens is 4. The number of carbonyl (C=O) groups is 2. The molecule has 4 rings (SSSR count). The quantitative estimate of drug-likeness (QED) is 0.282. The van der Waals surface area contributed by atoms with E-state index in [0.29, 0.717) is 23.4 Å². The van der Waals surface area contributed by atoms with Gasteiger partial charge in [-0.25, -0.2) is 19.7 Å². The highest BCUT2D eigenvalue weighted by atomic mass is 16.6. The van der Waals surface area contributed by atoms with Crippen LogP contribution in [0.3, 0.4) is 0 Å². The van der Waals surface area contributed by atoms with Gasteiger partial charge in [0.15, 0.2) is 17.7 Å². The topological polar surface area (TPSA) is 181 Å². The molecule has 1 aliphatic heterocycles. The first kappa shape index (κ1) is 28.2. The molecule has 3 aromatic rings. The van der Waals surface area contributed by atoms with Crippen molar-refractivity contribution in [2.24, 2.45) is 0 Å². The summed E-state index contributed by atoms with van der Waals surface area (Å²) in [6, 6.07) is 7.21. The number of fused-ring (bicyclic) bond motifs is 1. The number of hydrogen-bond donors (Lipinski definition) is 5. The van der Waals surface area contributed by atoms with Crippen molar-refractivity contribution in [3.63, 3.8) is 0 Å². The number of aliphatic hydroxyl groups is 2. The van der Waals surface area contributed by atoms with Gasteiger partial charge in [-0.2, -0.15) is 0 Å². The normalized spacial score (nSPS) is 21.2. The Kier molecular flexibility index (Phi) is 8.33. The van der Waals surface area contributed by atoms with E-state index in [2.05, 4.69) is 46.4 Å². The lowest BCUT2D eigenvalue weighted by Gasteiger charge is -2.25. The number of anilines is 2. The fourth-order valence-electron chi connectivity index (χ4n) is 4.46. The third kappa shape index (κ3) is 6.27. The average Bonchev–Trinajstić information content (AvgIpc) is 3.44. The highest BCUT2D eigenvalue weighted by molar-refractivity contribution is 5.89. The summed E-state index contributed by atoms with van der Waals surface area (Å²) in [5.74, 6) is -0.0403. The van der Waals surface area contributed by atoms with Gasteiger partial charge in [0.05, 0.1) is 6.33 Å². The molecule has 6 N–H and O–H groups in total. The van der Waals surface area contributed by atoms with Gasteiger partial charge in [0.1, 0.15) is 30.2 Å². The first-order valence-corrected chi connectivity index (χ1v) is 12.9. The molecule has 13 nitrogen and oxygen atoms in total. The van der Waals surface area contributed by atoms with Crippen LogP contribution in [0.15, 0.2) is 36.9 Å². The van der Waals surface area contributed by atoms with Crippen LogP contribution in [0.2, 0.25) is 0 Å². The second-order valence-electron chi connectivity index (χ2n) is 10.5. The number of imidazole rings is 1. The molecule has 13 heteroatoms. The van der Waals surface area contributed by atoms with Crippen molar-refractivity contribution >= 4 is 34.6 Å². The number of carbonyl (C=O) groups excluding carboxylic acids is 2. The maximum atomic E-state index is 12.9. The molecule has 39 heavy (non-hydrogen) atoms. The van der Waals surface area contributed by atoms with Gasteiger partial charge in [-0.3, -0.25) is 9.36 Å². The molecule has 0 aliphatic carbocycles. The van der Waals surface area contributed by atoms with Crippen molar-refractivity contribution in [1.29, 1.82) is 0 Å². The van der Waals surface area contributed by atoms with Crippen LogP contribution in [0.5, 0.6) is 0 Å². The summed E-state index contributed by atoms with van der Waals surface area (Å²) in [6.45, 7) is 8.70. The van der Waals surface area contributed by atoms with Crippen LogP contribution in [-0.4, -0.2) is 84.5 Å². The van der Waals surface area contributed by atoms with E-state index in [1.807, 2.05) is 24.3 Å². The molecule has 3 amide bonds. The smallest absolute Gasteiger partial charge is 0.319 e. The number of nitrogens with one attached hydrogen (secondary N) is 2. The average molecular weight is 541 g/mol. The highest BCUT2D eigenvalue weighted by Gasteiger charge is 2.45. The molecule has 1 unspecified atom stereocenters. The maximum absolute atomic E-state index is 12.9. The Morgan fingerprint density at radius 2 is 1.85 bits per heavy atom. The van der Waals surface area contributed by atoms with Crippen molar-refractivity contribution in [3.8, 4) is 0 Å². The second kappa shape index (κ2) is 11.5. The molecule has 1 saturated heterocycles. The Balaban J connectivity index is 1.29. The predicted octanol–water partition coefficient (Wildman–Crippen LogP) is 1.39. The standard InChI is InChI=1S/C26H36N8O5/c1-5-33(18(35)10-11-28-25(38)32-16-8-6-15(7-9-16)26(2,3)4)12-17-20(36)21(37)24(39-17)34-14-31-19-22(27)29-13-30-23(19)34/h6-9,13-14,17,20-21,24,36-37H,5,10-12H2,1-4H3,(H2,27,29,30)(H2,28,32,38)/t17-,20-,21-,24?/m1/s1. The van der Waals surface area contributed by atoms with Gasteiger partial charge in [-0.05, 0) is 30.0 Å². The summed E-state index contributed by atoms with van der Waals surface area (Å²) in [5, 5.41) is 26.8. The van der Waals surface area contributed by atoms with Gasteiger partial charge < -0.3 is 36.2 Å². The Hall–Kier alpha value is -3.81. The number of nitrogen functional groups attached to an aromatic ring is 1. The van der Waals surface area contributed by atoms with E-state index >= 15 is 0 Å². The Bertz CT molecular complexity index is 1310. The van der Waals surface area contributed by atoms with Gasteiger partial charge >= 0.3 is 6.03 Å². The molecule has 2 aromatic heterocycles. The first-order valence-electron chi connectivity index (χ1n) is 12.9. The number of amides is 3. The van der Waals surface area contributed by atoms with E-state index in [1.54, 1.807) is 6.92 Å². The van der Waals surface area contributed by atoms with E-state index in [1.165, 1.54) is 22.1 Å². The minimum Gasteiger partial charge on any atom is -0.387 e. The summed E-state index contributed by atoms with van der Waals surface area (Å²) >= 11 is 0. The molecular formula is C26H36N8O5. The van der Waals surface area contributed by atoms with Crippen molar-refractivity contribution < 1.29 is 24.5 Å². The van der Waals surface area contributed by atoms with Gasteiger partial charge in [0.25, 0.3) is 0 Å². The zero-order valence-corrected chi connectivity index (χ0v) is 22.5. The largest absolute Gasteiger partial charge is 0.387 e. The minimum atomic E-state index is -1.28. The van der Waals surface area contributed by atoms with Crippen LogP contribution in [0.4, 0.5) is 16.3 Å². The van der Waals surface area contributed by atoms with Crippen LogP contribution in [0.1, 0.15) is 45.9 Å². The van der Waals surface area contributed by atoms with Gasteiger partial charge in [-0.1, -0.05) is 32.9 Å². The lowest BCUT2D eigenvalue weighted by Crippen LogP contribution is -2.43. The van der Waals surface area contributed by atoms with Crippen LogP contribution in [-0.2, 0) is 14.9 Å². The molecule has 0 bridgehead atoms. The molecule has 1 aliphatic rings. The van der Waals surface area contributed by atoms with Gasteiger partial charge in [0, 0.05) is 31.7 Å². The molecule has 210 valence electrons. The number of benzene rings is 1. The third-order valence-corrected chi connectivity index (χ3v) is 6.77. The van der Waals surface area contributed by atoms with Gasteiger partial charge in [0.2, 0.25) is 5.91 Å². The minimum absolute atomic E-state index is 0.0161. The molecular weight excluding hydrogens is 504 g/mol. The zero-order chi connectivity index (χ0) is 28.3. The van der Waals surface area contributed by atoms with Crippen molar-refractivity contribution in [2.45, 2.75) is 64.1 Å². The summed E-state index contributed by atoms with van der Waals surface area (Å²) in [4.78, 5) is 38.9. The fourth-order valence-corrected chi connectivity index (χ4v) is 4.46. The summed E-state index contributed by atoms with van der Waals surface area (Å²) < 4.78 is 7.43. The van der Waals surface area contributed by atoms with E-state index in [4.69, 9.17) is 10.5 Å². The van der Waals surface area contributed by atoms with E-state index in [-0.39, 0.29) is 36.7 Å². The summed E-state index contributed by atoms with van der Waals surface area (Å²) in [6.07, 6.45) is -1.60. The van der Waals surface area contributed by atoms with Crippen LogP contribution in [0, 0.1) is 0 Å². The number of nitrogens with two attached hydrogens (primary N) is 1. The number of aliphatic hydroxyl groups excluding tert-OH is 2. The second-order valence-corrected chi connectivity index (χ2v) is 10.5. The lowest BCUT2D eigenvalue weighted by molar-refractivity contribution is -0.134. The Labute approximate surface area is 226 Å².